The highest BCUT2D eigenvalue weighted by Crippen LogP contribution is 2.32. The van der Waals surface area contributed by atoms with Crippen molar-refractivity contribution >= 4 is 10.0 Å². The van der Waals surface area contributed by atoms with Crippen LogP contribution in [0.5, 0.6) is 5.75 Å². The van der Waals surface area contributed by atoms with Crippen LogP contribution in [0.4, 0.5) is 0 Å². The van der Waals surface area contributed by atoms with Gasteiger partial charge in [0, 0.05) is 24.9 Å². The zero-order chi connectivity index (χ0) is 22.3. The predicted octanol–water partition coefficient (Wildman–Crippen LogP) is 1.76. The van der Waals surface area contributed by atoms with Gasteiger partial charge in [-0.05, 0) is 43.4 Å². The van der Waals surface area contributed by atoms with Crippen LogP contribution >= 0.6 is 0 Å². The molecule has 1 aromatic heterocycles. The molecular formula is C21H29N3O6S. The van der Waals surface area contributed by atoms with E-state index in [0.29, 0.717) is 6.61 Å². The minimum absolute atomic E-state index is 0.0625. The Hall–Kier alpha value is -2.43. The molecule has 9 nitrogen and oxygen atoms in total. The number of hydrogen-bond acceptors (Lipinski definition) is 6. The quantitative estimate of drug-likeness (QED) is 0.448. The van der Waals surface area contributed by atoms with E-state index in [0.717, 1.165) is 23.7 Å². The van der Waals surface area contributed by atoms with Crippen molar-refractivity contribution in [2.75, 3.05) is 19.0 Å². The zero-order valence-electron chi connectivity index (χ0n) is 17.6. The van der Waals surface area contributed by atoms with E-state index in [9.17, 15) is 18.0 Å². The van der Waals surface area contributed by atoms with E-state index in [1.54, 1.807) is 6.92 Å². The van der Waals surface area contributed by atoms with Crippen LogP contribution in [0.25, 0.3) is 0 Å². The Morgan fingerprint density at radius 2 is 2.03 bits per heavy atom. The SMILES string of the molecule is C[C@@H](NS(=O)(=O)CCCOCn1ccc(=O)[nH]c1=O)c1cccc(OCCC2CC2)c1. The van der Waals surface area contributed by atoms with Gasteiger partial charge in [0.2, 0.25) is 10.0 Å². The zero-order valence-corrected chi connectivity index (χ0v) is 18.4. The summed E-state index contributed by atoms with van der Waals surface area (Å²) in [6.07, 6.45) is 5.23. The van der Waals surface area contributed by atoms with Crippen LogP contribution in [-0.4, -0.2) is 36.9 Å². The Bertz CT molecular complexity index is 1070. The van der Waals surface area contributed by atoms with Gasteiger partial charge in [0.05, 0.1) is 12.4 Å². The maximum atomic E-state index is 12.4. The van der Waals surface area contributed by atoms with Gasteiger partial charge in [-0.15, -0.1) is 0 Å². The molecule has 1 aromatic carbocycles. The van der Waals surface area contributed by atoms with Gasteiger partial charge in [-0.2, -0.15) is 0 Å². The molecule has 0 amide bonds. The molecule has 1 atom stereocenters. The van der Waals surface area contributed by atoms with Gasteiger partial charge in [0.15, 0.2) is 0 Å². The number of nitrogens with zero attached hydrogens (tertiary/aromatic N) is 1. The summed E-state index contributed by atoms with van der Waals surface area (Å²) in [5.41, 5.74) is -0.224. The molecule has 3 rings (SSSR count). The van der Waals surface area contributed by atoms with E-state index in [4.69, 9.17) is 9.47 Å². The lowest BCUT2D eigenvalue weighted by Crippen LogP contribution is -2.30. The first-order valence-corrected chi connectivity index (χ1v) is 12.1. The van der Waals surface area contributed by atoms with Crippen molar-refractivity contribution in [2.24, 2.45) is 5.92 Å². The van der Waals surface area contributed by atoms with Crippen LogP contribution in [0, 0.1) is 5.92 Å². The van der Waals surface area contributed by atoms with Crippen LogP contribution in [-0.2, 0) is 21.5 Å². The number of H-pyrrole nitrogens is 1. The fraction of sp³-hybridized carbons (Fsp3) is 0.524. The lowest BCUT2D eigenvalue weighted by Gasteiger charge is -2.16. The van der Waals surface area contributed by atoms with Crippen molar-refractivity contribution in [3.05, 3.63) is 62.9 Å². The third-order valence-corrected chi connectivity index (χ3v) is 6.57. The van der Waals surface area contributed by atoms with Gasteiger partial charge in [0.1, 0.15) is 12.5 Å². The normalized spacial score (nSPS) is 15.0. The third-order valence-electron chi connectivity index (χ3n) is 5.04. The van der Waals surface area contributed by atoms with Gasteiger partial charge in [-0.3, -0.25) is 14.3 Å². The number of aromatic nitrogens is 2. The van der Waals surface area contributed by atoms with Crippen molar-refractivity contribution in [1.82, 2.24) is 14.3 Å². The van der Waals surface area contributed by atoms with E-state index in [-0.39, 0.29) is 25.5 Å². The lowest BCUT2D eigenvalue weighted by atomic mass is 10.1. The Morgan fingerprint density at radius 3 is 2.77 bits per heavy atom. The molecule has 1 fully saturated rings. The fourth-order valence-electron chi connectivity index (χ4n) is 3.08. The molecule has 170 valence electrons. The summed E-state index contributed by atoms with van der Waals surface area (Å²) >= 11 is 0. The van der Waals surface area contributed by atoms with E-state index in [2.05, 4.69) is 9.71 Å². The molecular weight excluding hydrogens is 422 g/mol. The molecule has 0 radical (unpaired) electrons. The van der Waals surface area contributed by atoms with Crippen LogP contribution in [0.1, 0.15) is 44.2 Å². The monoisotopic (exact) mass is 451 g/mol. The first-order valence-electron chi connectivity index (χ1n) is 10.4. The summed E-state index contributed by atoms with van der Waals surface area (Å²) in [5, 5.41) is 0. The van der Waals surface area contributed by atoms with E-state index in [1.165, 1.54) is 29.7 Å². The van der Waals surface area contributed by atoms with Crippen LogP contribution in [0.2, 0.25) is 0 Å². The average molecular weight is 452 g/mol. The summed E-state index contributed by atoms with van der Waals surface area (Å²) in [5.74, 6) is 1.45. The second-order valence-electron chi connectivity index (χ2n) is 7.78. The average Bonchev–Trinajstić information content (AvgIpc) is 3.53. The molecule has 0 saturated heterocycles. The van der Waals surface area contributed by atoms with E-state index < -0.39 is 27.3 Å². The Labute approximate surface area is 181 Å². The maximum absolute atomic E-state index is 12.4. The largest absolute Gasteiger partial charge is 0.494 e. The van der Waals surface area contributed by atoms with E-state index >= 15 is 0 Å². The molecule has 2 aromatic rings. The minimum Gasteiger partial charge on any atom is -0.494 e. The molecule has 0 unspecified atom stereocenters. The Balaban J connectivity index is 1.40. The molecule has 31 heavy (non-hydrogen) atoms. The van der Waals surface area contributed by atoms with Crippen molar-refractivity contribution in [3.63, 3.8) is 0 Å². The number of benzene rings is 1. The van der Waals surface area contributed by atoms with Crippen molar-refractivity contribution in [3.8, 4) is 5.75 Å². The smallest absolute Gasteiger partial charge is 0.330 e. The number of sulfonamides is 1. The third kappa shape index (κ3) is 7.97. The number of hydrogen-bond donors (Lipinski definition) is 2. The summed E-state index contributed by atoms with van der Waals surface area (Å²) in [6, 6.07) is 8.30. The lowest BCUT2D eigenvalue weighted by molar-refractivity contribution is 0.0744. The molecule has 1 heterocycles. The van der Waals surface area contributed by atoms with Gasteiger partial charge < -0.3 is 9.47 Å². The number of aromatic amines is 1. The number of rotatable bonds is 13. The highest BCUT2D eigenvalue weighted by molar-refractivity contribution is 7.89. The van der Waals surface area contributed by atoms with Gasteiger partial charge in [-0.1, -0.05) is 25.0 Å². The summed E-state index contributed by atoms with van der Waals surface area (Å²) < 4.78 is 39.8. The molecule has 1 aliphatic rings. The highest BCUT2D eigenvalue weighted by Gasteiger charge is 2.21. The van der Waals surface area contributed by atoms with Crippen LogP contribution in [0.3, 0.4) is 0 Å². The van der Waals surface area contributed by atoms with E-state index in [1.807, 2.05) is 24.3 Å². The first kappa shape index (κ1) is 23.2. The molecule has 2 N–H and O–H groups in total. The van der Waals surface area contributed by atoms with Gasteiger partial charge in [-0.25, -0.2) is 17.9 Å². The number of nitrogens with one attached hydrogen (secondary N) is 2. The Morgan fingerprint density at radius 1 is 1.23 bits per heavy atom. The first-order chi connectivity index (χ1) is 14.8. The number of ether oxygens (including phenoxy) is 2. The van der Waals surface area contributed by atoms with Gasteiger partial charge in [0.25, 0.3) is 5.56 Å². The summed E-state index contributed by atoms with van der Waals surface area (Å²) in [7, 11) is -3.51. The maximum Gasteiger partial charge on any atom is 0.330 e. The molecule has 1 saturated carbocycles. The second-order valence-corrected chi connectivity index (χ2v) is 9.66. The molecule has 0 spiro atoms. The second kappa shape index (κ2) is 10.7. The molecule has 1 aliphatic carbocycles. The predicted molar refractivity (Wildman–Crippen MR) is 117 cm³/mol. The summed E-state index contributed by atoms with van der Waals surface area (Å²) in [4.78, 5) is 24.7. The highest BCUT2D eigenvalue weighted by atomic mass is 32.2. The van der Waals surface area contributed by atoms with Crippen LogP contribution < -0.4 is 20.7 Å². The van der Waals surface area contributed by atoms with Crippen LogP contribution in [0.15, 0.2) is 46.1 Å². The molecule has 10 heteroatoms. The fourth-order valence-corrected chi connectivity index (χ4v) is 4.37. The van der Waals surface area contributed by atoms with Crippen molar-refractivity contribution in [2.45, 2.75) is 45.4 Å². The minimum atomic E-state index is -3.51. The molecule has 0 aliphatic heterocycles. The summed E-state index contributed by atoms with van der Waals surface area (Å²) in [6.45, 7) is 2.57. The molecule has 0 bridgehead atoms. The van der Waals surface area contributed by atoms with Crippen molar-refractivity contribution in [1.29, 1.82) is 0 Å². The van der Waals surface area contributed by atoms with Gasteiger partial charge >= 0.3 is 5.69 Å². The topological polar surface area (TPSA) is 119 Å². The van der Waals surface area contributed by atoms with Crippen molar-refractivity contribution < 1.29 is 17.9 Å². The Kier molecular flexibility index (Phi) is 8.05. The standard InChI is InChI=1S/C21H29N3O6S/c1-16(18-4-2-5-19(14-18)30-12-9-17-6-7-17)23-31(27,28)13-3-11-29-15-24-10-8-20(25)22-21(24)26/h2,4-5,8,10,14,16-17,23H,3,6-7,9,11-13,15H2,1H3,(H,22,25,26)/t16-/m1/s1.